The zero-order valence-corrected chi connectivity index (χ0v) is 13.6. The number of benzene rings is 1. The molecule has 7 nitrogen and oxygen atoms in total. The molecule has 1 saturated heterocycles. The molecule has 1 aromatic carbocycles. The summed E-state index contributed by atoms with van der Waals surface area (Å²) in [4.78, 5) is 7.07. The molecule has 124 valence electrons. The van der Waals surface area contributed by atoms with Crippen molar-refractivity contribution in [2.75, 3.05) is 19.3 Å². The maximum absolute atomic E-state index is 11.8. The van der Waals surface area contributed by atoms with Gasteiger partial charge in [0.25, 0.3) is 0 Å². The Kier molecular flexibility index (Phi) is 4.40. The summed E-state index contributed by atoms with van der Waals surface area (Å²) in [6, 6.07) is 9.68. The molecule has 0 bridgehead atoms. The van der Waals surface area contributed by atoms with E-state index in [1.165, 1.54) is 6.20 Å². The molecular formula is C15H19N3O4S. The molecule has 2 heterocycles. The fraction of sp³-hybridized carbons (Fsp3) is 0.333. The quantitative estimate of drug-likeness (QED) is 0.478. The second-order valence-corrected chi connectivity index (χ2v) is 7.14. The van der Waals surface area contributed by atoms with Crippen molar-refractivity contribution in [3.8, 4) is 0 Å². The molecule has 1 spiro atoms. The molecule has 1 aromatic rings. The van der Waals surface area contributed by atoms with Gasteiger partial charge in [0.15, 0.2) is 6.20 Å². The number of nitrogens with zero attached hydrogens (tertiary/aromatic N) is 3. The number of hydrogen-bond acceptors (Lipinski definition) is 5. The van der Waals surface area contributed by atoms with E-state index in [9.17, 15) is 8.42 Å². The fourth-order valence-corrected chi connectivity index (χ4v) is 3.76. The van der Waals surface area contributed by atoms with Gasteiger partial charge >= 0.3 is 10.1 Å². The molecule has 0 radical (unpaired) electrons. The van der Waals surface area contributed by atoms with Gasteiger partial charge in [-0.25, -0.2) is 0 Å². The molecule has 0 N–H and O–H groups in total. The number of rotatable bonds is 4. The molecule has 23 heavy (non-hydrogen) atoms. The van der Waals surface area contributed by atoms with E-state index in [0.29, 0.717) is 25.4 Å². The molecule has 1 fully saturated rings. The maximum Gasteiger partial charge on any atom is 0.315 e. The zero-order chi connectivity index (χ0) is 16.3. The summed E-state index contributed by atoms with van der Waals surface area (Å²) in [5, 5.41) is 0. The lowest BCUT2D eigenvalue weighted by atomic mass is 10.2. The Morgan fingerprint density at radius 3 is 2.91 bits per heavy atom. The minimum absolute atomic E-state index is 0.0412. The first-order valence-electron chi connectivity index (χ1n) is 7.31. The van der Waals surface area contributed by atoms with E-state index >= 15 is 0 Å². The van der Waals surface area contributed by atoms with Crippen molar-refractivity contribution in [3.05, 3.63) is 65.8 Å². The molecule has 0 aromatic heterocycles. The maximum atomic E-state index is 11.8. The highest BCUT2D eigenvalue weighted by molar-refractivity contribution is 7.86. The largest absolute Gasteiger partial charge is 0.562 e. The van der Waals surface area contributed by atoms with Crippen molar-refractivity contribution in [2.24, 2.45) is 0 Å². The fourth-order valence-electron chi connectivity index (χ4n) is 2.59. The van der Waals surface area contributed by atoms with Crippen LogP contribution < -0.4 is 0 Å². The van der Waals surface area contributed by atoms with Gasteiger partial charge in [0.05, 0.1) is 18.6 Å². The lowest BCUT2D eigenvalue weighted by molar-refractivity contribution is -1.01. The van der Waals surface area contributed by atoms with Gasteiger partial charge in [0, 0.05) is 13.5 Å². The van der Waals surface area contributed by atoms with Crippen LogP contribution in [0.5, 0.6) is 0 Å². The molecule has 3 rings (SSSR count). The number of hydroxylamine groups is 4. The lowest BCUT2D eigenvalue weighted by Crippen LogP contribution is -2.48. The predicted molar refractivity (Wildman–Crippen MR) is 84.2 cm³/mol. The minimum atomic E-state index is -3.53. The third-order valence-electron chi connectivity index (χ3n) is 3.73. The van der Waals surface area contributed by atoms with Crippen LogP contribution in [0, 0.1) is 0 Å². The summed E-state index contributed by atoms with van der Waals surface area (Å²) < 4.78 is 28.7. The van der Waals surface area contributed by atoms with E-state index in [2.05, 4.69) is 5.48 Å². The number of quaternary nitrogens is 1. The highest BCUT2D eigenvalue weighted by atomic mass is 32.2. The summed E-state index contributed by atoms with van der Waals surface area (Å²) in [6.07, 6.45) is 5.50. The average Bonchev–Trinajstić information content (AvgIpc) is 2.80. The highest BCUT2D eigenvalue weighted by Gasteiger charge is 2.46. The normalized spacial score (nSPS) is 27.7. The van der Waals surface area contributed by atoms with Crippen LogP contribution in [0.1, 0.15) is 12.0 Å². The number of hydrogen-bond donors (Lipinski definition) is 0. The van der Waals surface area contributed by atoms with Crippen molar-refractivity contribution >= 4 is 10.1 Å². The average molecular weight is 337 g/mol. The van der Waals surface area contributed by atoms with E-state index in [4.69, 9.17) is 9.12 Å². The molecule has 0 aliphatic carbocycles. The van der Waals surface area contributed by atoms with Gasteiger partial charge in [-0.05, 0) is 5.56 Å². The lowest BCUT2D eigenvalue weighted by Gasteiger charge is -2.34. The molecule has 8 heteroatoms. The van der Waals surface area contributed by atoms with Gasteiger partial charge in [-0.15, -0.1) is 0 Å². The minimum Gasteiger partial charge on any atom is -0.562 e. The first kappa shape index (κ1) is 16.0. The van der Waals surface area contributed by atoms with Gasteiger partial charge in [0.1, 0.15) is 6.54 Å². The molecule has 0 amide bonds. The van der Waals surface area contributed by atoms with Crippen LogP contribution in [0.2, 0.25) is 0 Å². The van der Waals surface area contributed by atoms with Crippen molar-refractivity contribution in [1.29, 1.82) is 0 Å². The second kappa shape index (κ2) is 6.32. The Balaban J connectivity index is 1.67. The molecule has 2 aliphatic rings. The van der Waals surface area contributed by atoms with E-state index in [1.807, 2.05) is 37.4 Å². The van der Waals surface area contributed by atoms with E-state index in [-0.39, 0.29) is 10.4 Å². The third-order valence-corrected chi connectivity index (χ3v) is 5.01. The van der Waals surface area contributed by atoms with E-state index < -0.39 is 10.1 Å². The van der Waals surface area contributed by atoms with Crippen molar-refractivity contribution in [3.63, 3.8) is 0 Å². The summed E-state index contributed by atoms with van der Waals surface area (Å²) in [5.74, 6) is 0.640. The summed E-state index contributed by atoms with van der Waals surface area (Å²) >= 11 is 0. The van der Waals surface area contributed by atoms with Crippen LogP contribution in [0.15, 0.2) is 54.8 Å². The topological polar surface area (TPSA) is 69.9 Å². The molecule has 0 saturated carbocycles. The Labute approximate surface area is 136 Å². The SMILES string of the molecule is CN1C=C[N+]2(CCCS(=O)(=O)O2)/C1=C/[N-]OCc1ccccc1. The van der Waals surface area contributed by atoms with Crippen LogP contribution in [0.4, 0.5) is 0 Å². The predicted octanol–water partition coefficient (Wildman–Crippen LogP) is 2.19. The van der Waals surface area contributed by atoms with Crippen molar-refractivity contribution < 1.29 is 22.2 Å². The highest BCUT2D eigenvalue weighted by Crippen LogP contribution is 2.34. The first-order chi connectivity index (χ1) is 11.0. The van der Waals surface area contributed by atoms with Gasteiger partial charge in [-0.3, -0.25) is 0 Å². The Hall–Kier alpha value is -1.87. The van der Waals surface area contributed by atoms with Crippen molar-refractivity contribution in [1.82, 2.24) is 4.90 Å². The Morgan fingerprint density at radius 2 is 2.17 bits per heavy atom. The van der Waals surface area contributed by atoms with Gasteiger partial charge < -0.3 is 15.2 Å². The van der Waals surface area contributed by atoms with Gasteiger partial charge in [-0.2, -0.15) is 8.42 Å². The standard InChI is InChI=1S/C15H19N3O4S/c1-17-8-10-18(9-5-11-23(19,20)22-18)15(17)12-16-21-13-14-6-3-2-4-7-14/h2-4,6-8,10,12H,5,9,11,13H2,1H3/b15-12+. The first-order valence-corrected chi connectivity index (χ1v) is 8.89. The Morgan fingerprint density at radius 1 is 1.39 bits per heavy atom. The molecular weight excluding hydrogens is 318 g/mol. The van der Waals surface area contributed by atoms with Crippen LogP contribution in [-0.4, -0.2) is 37.3 Å². The van der Waals surface area contributed by atoms with Crippen LogP contribution in [0.3, 0.4) is 0 Å². The van der Waals surface area contributed by atoms with Gasteiger partial charge in [-0.1, -0.05) is 45.5 Å². The van der Waals surface area contributed by atoms with Crippen LogP contribution >= 0.6 is 0 Å². The third kappa shape index (κ3) is 3.56. The van der Waals surface area contributed by atoms with Crippen LogP contribution in [-0.2, 0) is 25.8 Å². The zero-order valence-electron chi connectivity index (χ0n) is 12.8. The summed E-state index contributed by atoms with van der Waals surface area (Å²) in [6.45, 7) is 0.890. The Bertz CT molecular complexity index is 717. The smallest absolute Gasteiger partial charge is 0.315 e. The monoisotopic (exact) mass is 337 g/mol. The molecule has 2 aliphatic heterocycles. The summed E-state index contributed by atoms with van der Waals surface area (Å²) in [5.41, 5.74) is 4.97. The van der Waals surface area contributed by atoms with E-state index in [1.54, 1.807) is 17.3 Å². The second-order valence-electron chi connectivity index (χ2n) is 5.47. The van der Waals surface area contributed by atoms with Gasteiger partial charge in [0.2, 0.25) is 5.82 Å². The van der Waals surface area contributed by atoms with E-state index in [0.717, 1.165) is 5.56 Å². The summed E-state index contributed by atoms with van der Waals surface area (Å²) in [7, 11) is -1.72. The molecule has 1 unspecified atom stereocenters. The van der Waals surface area contributed by atoms with Crippen molar-refractivity contribution in [2.45, 2.75) is 13.0 Å². The molecule has 1 atom stereocenters. The van der Waals surface area contributed by atoms with Crippen LogP contribution in [0.25, 0.3) is 5.48 Å².